The van der Waals surface area contributed by atoms with E-state index in [0.29, 0.717) is 18.6 Å². The average molecular weight is 548 g/mol. The van der Waals surface area contributed by atoms with Crippen LogP contribution in [0.4, 0.5) is 0 Å². The van der Waals surface area contributed by atoms with Gasteiger partial charge in [0.25, 0.3) is 17.2 Å². The van der Waals surface area contributed by atoms with E-state index in [9.17, 15) is 24.5 Å². The second kappa shape index (κ2) is 13.4. The van der Waals surface area contributed by atoms with E-state index in [1.807, 2.05) is 19.9 Å². The highest BCUT2D eigenvalue weighted by Crippen LogP contribution is 2.16. The minimum Gasteiger partial charge on any atom is -0.462 e. The molecule has 3 rings (SSSR count). The first-order valence-electron chi connectivity index (χ1n) is 13.1. The number of carbonyl (C=O) groups excluding carboxylic acids is 2. The molecule has 0 spiro atoms. The van der Waals surface area contributed by atoms with E-state index in [1.165, 1.54) is 35.6 Å². The zero-order valence-electron chi connectivity index (χ0n) is 23.2. The van der Waals surface area contributed by atoms with Crippen molar-refractivity contribution in [3.63, 3.8) is 0 Å². The first kappa shape index (κ1) is 29.9. The number of nitrogens with zero attached hydrogens (tertiary/aromatic N) is 5. The van der Waals surface area contributed by atoms with Crippen LogP contribution < -0.4 is 11.0 Å². The molecule has 3 aromatic rings. The summed E-state index contributed by atoms with van der Waals surface area (Å²) in [5.41, 5.74) is 0.982. The van der Waals surface area contributed by atoms with E-state index in [-0.39, 0.29) is 51.9 Å². The molecule has 0 aliphatic rings. The van der Waals surface area contributed by atoms with Crippen LogP contribution in [0.25, 0.3) is 16.7 Å². The molecule has 3 aromatic heterocycles. The molecule has 11 heteroatoms. The van der Waals surface area contributed by atoms with E-state index >= 15 is 0 Å². The van der Waals surface area contributed by atoms with Crippen molar-refractivity contribution in [3.05, 3.63) is 97.6 Å². The summed E-state index contributed by atoms with van der Waals surface area (Å²) < 4.78 is 8.27. The maximum absolute atomic E-state index is 13.5. The molecule has 0 fully saturated rings. The number of aryl methyl sites for hydroxylation is 2. The molecule has 0 saturated carbocycles. The summed E-state index contributed by atoms with van der Waals surface area (Å²) in [6.45, 7) is 10.9. The highest BCUT2D eigenvalue weighted by Gasteiger charge is 2.21. The zero-order chi connectivity index (χ0) is 29.4. The van der Waals surface area contributed by atoms with Crippen molar-refractivity contribution in [2.75, 3.05) is 6.61 Å². The standard InChI is InChI=1S/C29H33N5O6/c1-6-9-11-15-32-26-21(28(36)33-16-12-13-19(4)25(33)31-26)18-22(29(37)40-8-3)27(32)30-24(35)17-20(5)23(34(38)39)14-10-7-2/h7,10,12-14,16,18H,2,6,8-9,11,15,17H2,1,3-5H3/b14-10+,23-20-,30-27?. The third kappa shape index (κ3) is 6.48. The number of fused-ring (bicyclic) bond motifs is 2. The smallest absolute Gasteiger partial charge is 0.341 e. The molecular formula is C29H33N5O6. The van der Waals surface area contributed by atoms with Crippen molar-refractivity contribution < 1.29 is 19.2 Å². The van der Waals surface area contributed by atoms with Crippen LogP contribution in [0.1, 0.15) is 62.4 Å². The van der Waals surface area contributed by atoms with Crippen molar-refractivity contribution in [3.8, 4) is 0 Å². The van der Waals surface area contributed by atoms with Crippen molar-refractivity contribution in [2.24, 2.45) is 4.99 Å². The molecule has 0 N–H and O–H groups in total. The van der Waals surface area contributed by atoms with Gasteiger partial charge in [0, 0.05) is 24.4 Å². The number of nitro groups is 1. The summed E-state index contributed by atoms with van der Waals surface area (Å²) in [6.07, 6.45) is 7.73. The molecule has 210 valence electrons. The molecule has 11 nitrogen and oxygen atoms in total. The summed E-state index contributed by atoms with van der Waals surface area (Å²) in [4.78, 5) is 59.8. The number of rotatable bonds is 11. The number of hydrogen-bond acceptors (Lipinski definition) is 7. The van der Waals surface area contributed by atoms with Crippen LogP contribution >= 0.6 is 0 Å². The number of esters is 1. The maximum Gasteiger partial charge on any atom is 0.341 e. The van der Waals surface area contributed by atoms with Crippen LogP contribution in [0.2, 0.25) is 0 Å². The summed E-state index contributed by atoms with van der Waals surface area (Å²) in [5, 5.41) is 11.7. The minimum absolute atomic E-state index is 0.00558. The van der Waals surface area contributed by atoms with Crippen LogP contribution in [0, 0.1) is 17.0 Å². The fourth-order valence-corrected chi connectivity index (χ4v) is 4.29. The predicted molar refractivity (Wildman–Crippen MR) is 151 cm³/mol. The van der Waals surface area contributed by atoms with E-state index in [4.69, 9.17) is 9.72 Å². The number of aromatic nitrogens is 3. The van der Waals surface area contributed by atoms with Crippen LogP contribution in [0.5, 0.6) is 0 Å². The molecule has 0 saturated heterocycles. The van der Waals surface area contributed by atoms with E-state index in [1.54, 1.807) is 23.8 Å². The monoisotopic (exact) mass is 547 g/mol. The second-order valence-electron chi connectivity index (χ2n) is 9.20. The van der Waals surface area contributed by atoms with Gasteiger partial charge in [-0.3, -0.25) is 24.1 Å². The summed E-state index contributed by atoms with van der Waals surface area (Å²) in [6, 6.07) is 4.93. The molecular weight excluding hydrogens is 514 g/mol. The second-order valence-corrected chi connectivity index (χ2v) is 9.20. The fraction of sp³-hybridized carbons (Fsp3) is 0.345. The third-order valence-electron chi connectivity index (χ3n) is 6.26. The Morgan fingerprint density at radius 3 is 2.65 bits per heavy atom. The number of ether oxygens (including phenoxy) is 1. The number of pyridine rings is 2. The third-order valence-corrected chi connectivity index (χ3v) is 6.26. The average Bonchev–Trinajstić information content (AvgIpc) is 2.90. The minimum atomic E-state index is -0.749. The fourth-order valence-electron chi connectivity index (χ4n) is 4.29. The number of carbonyl (C=O) groups is 2. The van der Waals surface area contributed by atoms with Crippen molar-refractivity contribution in [1.29, 1.82) is 0 Å². The van der Waals surface area contributed by atoms with Gasteiger partial charge in [-0.25, -0.2) is 9.78 Å². The Bertz CT molecular complexity index is 1680. The molecule has 3 heterocycles. The van der Waals surface area contributed by atoms with Crippen molar-refractivity contribution in [2.45, 2.75) is 59.9 Å². The van der Waals surface area contributed by atoms with Crippen LogP contribution in [-0.4, -0.2) is 37.4 Å². The van der Waals surface area contributed by atoms with Crippen molar-refractivity contribution in [1.82, 2.24) is 14.0 Å². The molecule has 40 heavy (non-hydrogen) atoms. The van der Waals surface area contributed by atoms with Crippen LogP contribution in [-0.2, 0) is 16.1 Å². The lowest BCUT2D eigenvalue weighted by atomic mass is 10.1. The lowest BCUT2D eigenvalue weighted by Crippen LogP contribution is -2.33. The molecule has 0 unspecified atom stereocenters. The van der Waals surface area contributed by atoms with Gasteiger partial charge < -0.3 is 9.30 Å². The first-order valence-corrected chi connectivity index (χ1v) is 13.1. The summed E-state index contributed by atoms with van der Waals surface area (Å²) in [5.74, 6) is -1.45. The van der Waals surface area contributed by atoms with E-state index in [0.717, 1.165) is 18.4 Å². The molecule has 0 aliphatic carbocycles. The Morgan fingerprint density at radius 1 is 1.25 bits per heavy atom. The normalized spacial score (nSPS) is 12.7. The van der Waals surface area contributed by atoms with Gasteiger partial charge in [-0.2, -0.15) is 4.99 Å². The molecule has 0 aliphatic heterocycles. The van der Waals surface area contributed by atoms with Crippen LogP contribution in [0.3, 0.4) is 0 Å². The Balaban J connectivity index is 2.39. The molecule has 0 radical (unpaired) electrons. The van der Waals surface area contributed by atoms with Crippen molar-refractivity contribution >= 4 is 28.6 Å². The van der Waals surface area contributed by atoms with Gasteiger partial charge in [0.05, 0.1) is 23.3 Å². The quantitative estimate of drug-likeness (QED) is 0.0864. The van der Waals surface area contributed by atoms with Gasteiger partial charge in [-0.1, -0.05) is 44.6 Å². The van der Waals surface area contributed by atoms with E-state index < -0.39 is 16.8 Å². The molecule has 0 aromatic carbocycles. The highest BCUT2D eigenvalue weighted by molar-refractivity contribution is 5.94. The number of allylic oxidation sites excluding steroid dienone is 3. The van der Waals surface area contributed by atoms with Gasteiger partial charge >= 0.3 is 5.97 Å². The SMILES string of the molecule is C=C/C=C/C(=C(\C)CC(=O)N=c1c(C(=O)OCC)cc2c(=O)n3cccc(C)c3nc2n1CCCCC)[N+](=O)[O-]. The maximum atomic E-state index is 13.5. The predicted octanol–water partition coefficient (Wildman–Crippen LogP) is 4.43. The number of unbranched alkanes of at least 4 members (excludes halogenated alkanes) is 2. The molecule has 1 amide bonds. The van der Waals surface area contributed by atoms with E-state index in [2.05, 4.69) is 11.6 Å². The summed E-state index contributed by atoms with van der Waals surface area (Å²) in [7, 11) is 0. The summed E-state index contributed by atoms with van der Waals surface area (Å²) >= 11 is 0. The Hall–Kier alpha value is -4.67. The molecule has 0 atom stereocenters. The number of amides is 1. The Labute approximate surface area is 231 Å². The van der Waals surface area contributed by atoms with Gasteiger partial charge in [-0.05, 0) is 44.9 Å². The first-order chi connectivity index (χ1) is 19.1. The van der Waals surface area contributed by atoms with Crippen LogP contribution in [0.15, 0.2) is 70.3 Å². The topological polar surface area (TPSA) is 138 Å². The highest BCUT2D eigenvalue weighted by atomic mass is 16.6. The van der Waals surface area contributed by atoms with Gasteiger partial charge in [0.1, 0.15) is 16.9 Å². The van der Waals surface area contributed by atoms with Gasteiger partial charge in [0.2, 0.25) is 0 Å². The Morgan fingerprint density at radius 2 is 2.00 bits per heavy atom. The number of hydrogen-bond donors (Lipinski definition) is 0. The zero-order valence-corrected chi connectivity index (χ0v) is 23.2. The molecule has 0 bridgehead atoms. The lowest BCUT2D eigenvalue weighted by molar-refractivity contribution is -0.420. The largest absolute Gasteiger partial charge is 0.462 e. The lowest BCUT2D eigenvalue weighted by Gasteiger charge is -2.15. The van der Waals surface area contributed by atoms with Gasteiger partial charge in [0.15, 0.2) is 5.49 Å². The van der Waals surface area contributed by atoms with Gasteiger partial charge in [-0.15, -0.1) is 0 Å². The Kier molecular flexibility index (Phi) is 10.0.